The lowest BCUT2D eigenvalue weighted by Gasteiger charge is -2.05. The van der Waals surface area contributed by atoms with Crippen LogP contribution in [0.2, 0.25) is 0 Å². The Morgan fingerprint density at radius 2 is 1.83 bits per heavy atom. The molecule has 3 aromatic heterocycles. The first-order chi connectivity index (χ1) is 11.6. The van der Waals surface area contributed by atoms with E-state index >= 15 is 0 Å². The second kappa shape index (κ2) is 5.42. The van der Waals surface area contributed by atoms with E-state index in [9.17, 15) is 4.39 Å². The number of hydrogen-bond acceptors (Lipinski definition) is 4. The molecule has 4 aromatic rings. The Kier molecular flexibility index (Phi) is 3.23. The molecule has 0 aliphatic heterocycles. The summed E-state index contributed by atoms with van der Waals surface area (Å²) in [5.41, 5.74) is 10.1. The summed E-state index contributed by atoms with van der Waals surface area (Å²) < 4.78 is 13.5. The Morgan fingerprint density at radius 1 is 1.04 bits per heavy atom. The maximum absolute atomic E-state index is 13.5. The number of benzene rings is 1. The Bertz CT molecular complexity index is 1040. The molecule has 0 fully saturated rings. The predicted molar refractivity (Wildman–Crippen MR) is 91.7 cm³/mol. The van der Waals surface area contributed by atoms with Gasteiger partial charge in [-0.15, -0.1) is 0 Å². The first kappa shape index (κ1) is 14.3. The van der Waals surface area contributed by atoms with E-state index in [4.69, 9.17) is 5.73 Å². The molecule has 0 bridgehead atoms. The lowest BCUT2D eigenvalue weighted by atomic mass is 10.0. The second-order valence-corrected chi connectivity index (χ2v) is 5.51. The maximum atomic E-state index is 13.5. The molecule has 0 radical (unpaired) electrons. The highest BCUT2D eigenvalue weighted by Gasteiger charge is 2.17. The van der Waals surface area contributed by atoms with Gasteiger partial charge in [-0.25, -0.2) is 15.0 Å². The molecule has 6 heteroatoms. The van der Waals surface area contributed by atoms with E-state index in [1.165, 1.54) is 12.3 Å². The van der Waals surface area contributed by atoms with Gasteiger partial charge in [-0.2, -0.15) is 4.39 Å². The molecule has 118 valence electrons. The van der Waals surface area contributed by atoms with E-state index < -0.39 is 5.95 Å². The van der Waals surface area contributed by atoms with Crippen LogP contribution in [0.4, 0.5) is 10.2 Å². The van der Waals surface area contributed by atoms with Crippen LogP contribution < -0.4 is 5.73 Å². The van der Waals surface area contributed by atoms with Gasteiger partial charge in [0, 0.05) is 29.1 Å². The zero-order chi connectivity index (χ0) is 16.7. The fourth-order valence-electron chi connectivity index (χ4n) is 2.88. The minimum Gasteiger partial charge on any atom is -0.383 e. The maximum Gasteiger partial charge on any atom is 0.213 e. The summed E-state index contributed by atoms with van der Waals surface area (Å²) in [4.78, 5) is 15.8. The largest absolute Gasteiger partial charge is 0.383 e. The Labute approximate surface area is 137 Å². The van der Waals surface area contributed by atoms with Crippen LogP contribution >= 0.6 is 0 Å². The van der Waals surface area contributed by atoms with Crippen LogP contribution in [-0.2, 0) is 0 Å². The lowest BCUT2D eigenvalue weighted by Crippen LogP contribution is -1.97. The number of aromatic amines is 1. The molecule has 0 amide bonds. The summed E-state index contributed by atoms with van der Waals surface area (Å²) in [6.45, 7) is 1.90. The number of fused-ring (bicyclic) bond motifs is 1. The Balaban J connectivity index is 1.97. The molecule has 0 aliphatic rings. The van der Waals surface area contributed by atoms with Crippen molar-refractivity contribution >= 4 is 16.9 Å². The Hall–Kier alpha value is -3.28. The third-order valence-electron chi connectivity index (χ3n) is 3.92. The molecule has 0 saturated heterocycles. The van der Waals surface area contributed by atoms with E-state index in [1.54, 1.807) is 6.07 Å². The van der Waals surface area contributed by atoms with E-state index in [2.05, 4.69) is 19.9 Å². The quantitative estimate of drug-likeness (QED) is 0.552. The summed E-state index contributed by atoms with van der Waals surface area (Å²) in [6, 6.07) is 12.7. The molecule has 0 saturated carbocycles. The van der Waals surface area contributed by atoms with Crippen molar-refractivity contribution < 1.29 is 4.39 Å². The monoisotopic (exact) mass is 319 g/mol. The number of H-pyrrole nitrogens is 1. The molecule has 0 unspecified atom stereocenters. The summed E-state index contributed by atoms with van der Waals surface area (Å²) in [5, 5.41) is 0.692. The molecule has 5 nitrogen and oxygen atoms in total. The number of halogens is 1. The molecule has 0 aliphatic carbocycles. The van der Waals surface area contributed by atoms with Gasteiger partial charge in [-0.05, 0) is 18.6 Å². The fourth-order valence-corrected chi connectivity index (χ4v) is 2.88. The summed E-state index contributed by atoms with van der Waals surface area (Å²) in [7, 11) is 0. The molecule has 4 rings (SSSR count). The SMILES string of the molecule is Cc1[nH]c2nc(-c3ccccc3)nc(N)c2c1-c1ccnc(F)c1. The number of pyridine rings is 1. The average Bonchev–Trinajstić information content (AvgIpc) is 2.92. The highest BCUT2D eigenvalue weighted by molar-refractivity contribution is 6.02. The number of nitrogens with two attached hydrogens (primary N) is 1. The highest BCUT2D eigenvalue weighted by Crippen LogP contribution is 2.35. The van der Waals surface area contributed by atoms with E-state index in [0.717, 1.165) is 16.8 Å². The molecule has 0 atom stereocenters. The van der Waals surface area contributed by atoms with Crippen molar-refractivity contribution in [3.8, 4) is 22.5 Å². The first-order valence-corrected chi connectivity index (χ1v) is 7.46. The van der Waals surface area contributed by atoms with Crippen molar-refractivity contribution in [1.82, 2.24) is 19.9 Å². The Morgan fingerprint density at radius 3 is 2.58 bits per heavy atom. The minimum absolute atomic E-state index is 0.357. The van der Waals surface area contributed by atoms with E-state index in [-0.39, 0.29) is 0 Å². The molecule has 1 aromatic carbocycles. The number of rotatable bonds is 2. The van der Waals surface area contributed by atoms with Crippen molar-refractivity contribution in [3.05, 3.63) is 60.3 Å². The van der Waals surface area contributed by atoms with Crippen LogP contribution in [-0.4, -0.2) is 19.9 Å². The van der Waals surface area contributed by atoms with Crippen LogP contribution in [0.15, 0.2) is 48.7 Å². The standard InChI is InChI=1S/C18H14FN5/c1-10-14(12-7-8-21-13(19)9-12)15-16(20)23-17(24-18(15)22-10)11-5-3-2-4-6-11/h2-9H,1H3,(H3,20,22,23,24). The number of anilines is 1. The van der Waals surface area contributed by atoms with Crippen LogP contribution in [0, 0.1) is 12.9 Å². The number of aryl methyl sites for hydroxylation is 1. The lowest BCUT2D eigenvalue weighted by molar-refractivity contribution is 0.584. The van der Waals surface area contributed by atoms with Gasteiger partial charge < -0.3 is 10.7 Å². The smallest absolute Gasteiger partial charge is 0.213 e. The van der Waals surface area contributed by atoms with Crippen molar-refractivity contribution in [3.63, 3.8) is 0 Å². The summed E-state index contributed by atoms with van der Waals surface area (Å²) in [5.74, 6) is 0.367. The summed E-state index contributed by atoms with van der Waals surface area (Å²) >= 11 is 0. The minimum atomic E-state index is -0.540. The number of hydrogen-bond donors (Lipinski definition) is 2. The predicted octanol–water partition coefficient (Wildman–Crippen LogP) is 3.72. The van der Waals surface area contributed by atoms with Crippen LogP contribution in [0.1, 0.15) is 5.69 Å². The van der Waals surface area contributed by atoms with Gasteiger partial charge in [0.05, 0.1) is 5.39 Å². The van der Waals surface area contributed by atoms with Crippen LogP contribution in [0.3, 0.4) is 0 Å². The van der Waals surface area contributed by atoms with Crippen LogP contribution in [0.5, 0.6) is 0 Å². The average molecular weight is 319 g/mol. The van der Waals surface area contributed by atoms with Gasteiger partial charge in [-0.3, -0.25) is 0 Å². The normalized spacial score (nSPS) is 11.1. The number of nitrogens with zero attached hydrogens (tertiary/aromatic N) is 3. The van der Waals surface area contributed by atoms with E-state index in [1.807, 2.05) is 37.3 Å². The number of nitrogen functional groups attached to an aromatic ring is 1. The van der Waals surface area contributed by atoms with Crippen molar-refractivity contribution in [2.45, 2.75) is 6.92 Å². The van der Waals surface area contributed by atoms with Crippen molar-refractivity contribution in [1.29, 1.82) is 0 Å². The molecular formula is C18H14FN5. The molecule has 0 spiro atoms. The highest BCUT2D eigenvalue weighted by atomic mass is 19.1. The topological polar surface area (TPSA) is 80.5 Å². The molecule has 3 N–H and O–H groups in total. The fraction of sp³-hybridized carbons (Fsp3) is 0.0556. The van der Waals surface area contributed by atoms with Gasteiger partial charge in [0.2, 0.25) is 5.95 Å². The zero-order valence-electron chi connectivity index (χ0n) is 12.9. The van der Waals surface area contributed by atoms with Gasteiger partial charge >= 0.3 is 0 Å². The van der Waals surface area contributed by atoms with E-state index in [0.29, 0.717) is 28.2 Å². The van der Waals surface area contributed by atoms with Gasteiger partial charge in [0.1, 0.15) is 11.5 Å². The molecular weight excluding hydrogens is 305 g/mol. The third kappa shape index (κ3) is 2.28. The van der Waals surface area contributed by atoms with Gasteiger partial charge in [0.15, 0.2) is 5.82 Å². The van der Waals surface area contributed by atoms with Crippen molar-refractivity contribution in [2.24, 2.45) is 0 Å². The first-order valence-electron chi connectivity index (χ1n) is 7.46. The van der Waals surface area contributed by atoms with Gasteiger partial charge in [-0.1, -0.05) is 30.3 Å². The second-order valence-electron chi connectivity index (χ2n) is 5.51. The van der Waals surface area contributed by atoms with Gasteiger partial charge in [0.25, 0.3) is 0 Å². The molecule has 24 heavy (non-hydrogen) atoms. The third-order valence-corrected chi connectivity index (χ3v) is 3.92. The van der Waals surface area contributed by atoms with Crippen LogP contribution in [0.25, 0.3) is 33.5 Å². The zero-order valence-corrected chi connectivity index (χ0v) is 12.9. The number of nitrogens with one attached hydrogen (secondary N) is 1. The molecule has 3 heterocycles. The number of aromatic nitrogens is 4. The van der Waals surface area contributed by atoms with Crippen molar-refractivity contribution in [2.75, 3.05) is 5.73 Å². The summed E-state index contributed by atoms with van der Waals surface area (Å²) in [6.07, 6.45) is 1.43.